The van der Waals surface area contributed by atoms with Crippen LogP contribution < -0.4 is 4.74 Å². The number of ether oxygens (including phenoxy) is 1. The van der Waals surface area contributed by atoms with Crippen molar-refractivity contribution in [1.82, 2.24) is 24.6 Å². The number of likely N-dealkylation sites (N-methyl/N-ethyl adjacent to an activating group) is 1. The first kappa shape index (κ1) is 22.9. The van der Waals surface area contributed by atoms with Gasteiger partial charge in [0, 0.05) is 62.3 Å². The third kappa shape index (κ3) is 3.70. The number of urea groups is 1. The second-order valence-electron chi connectivity index (χ2n) is 9.97. The zero-order chi connectivity index (χ0) is 25.0. The van der Waals surface area contributed by atoms with Crippen LogP contribution in [-0.2, 0) is 11.2 Å². The minimum atomic E-state index is -0.588. The largest absolute Gasteiger partial charge is 0.508 e. The molecule has 9 heteroatoms. The molecule has 2 fully saturated rings. The smallest absolute Gasteiger partial charge is 0.328 e. The fourth-order valence-corrected chi connectivity index (χ4v) is 5.84. The van der Waals surface area contributed by atoms with E-state index in [-0.39, 0.29) is 17.7 Å². The van der Waals surface area contributed by atoms with Crippen molar-refractivity contribution in [2.45, 2.75) is 18.5 Å². The molecule has 6 rings (SSSR count). The van der Waals surface area contributed by atoms with Crippen LogP contribution in [0, 0.1) is 0 Å². The quantitative estimate of drug-likeness (QED) is 0.535. The molecule has 1 unspecified atom stereocenters. The Balaban J connectivity index is 1.38. The third-order valence-corrected chi connectivity index (χ3v) is 7.86. The molecular weight excluding hydrogens is 458 g/mol. The Morgan fingerprint density at radius 3 is 2.61 bits per heavy atom. The van der Waals surface area contributed by atoms with Crippen LogP contribution in [0.5, 0.6) is 11.5 Å². The minimum Gasteiger partial charge on any atom is -0.508 e. The van der Waals surface area contributed by atoms with Gasteiger partial charge in [-0.25, -0.2) is 4.79 Å². The number of nitrogens with one attached hydrogen (secondary N) is 1. The number of benzene rings is 2. The van der Waals surface area contributed by atoms with Crippen LogP contribution in [0.25, 0.3) is 10.9 Å². The summed E-state index contributed by atoms with van der Waals surface area (Å²) in [4.78, 5) is 38.7. The van der Waals surface area contributed by atoms with E-state index in [4.69, 9.17) is 4.74 Å². The van der Waals surface area contributed by atoms with E-state index in [0.717, 1.165) is 59.7 Å². The molecule has 2 atom stereocenters. The summed E-state index contributed by atoms with van der Waals surface area (Å²) in [5.41, 5.74) is 3.59. The number of phenolic OH excluding ortho intramolecular Hbond substituents is 1. The van der Waals surface area contributed by atoms with Crippen LogP contribution in [0.1, 0.15) is 22.9 Å². The van der Waals surface area contributed by atoms with E-state index in [1.807, 2.05) is 24.3 Å². The molecule has 1 aromatic heterocycles. The lowest BCUT2D eigenvalue weighted by molar-refractivity contribution is -0.128. The second kappa shape index (κ2) is 8.83. The van der Waals surface area contributed by atoms with Crippen molar-refractivity contribution in [2.24, 2.45) is 0 Å². The first-order valence-electron chi connectivity index (χ1n) is 12.5. The number of phenols is 1. The van der Waals surface area contributed by atoms with Gasteiger partial charge in [0.15, 0.2) is 0 Å². The number of fused-ring (bicyclic) bond motifs is 4. The summed E-state index contributed by atoms with van der Waals surface area (Å²) in [6.07, 6.45) is 0.438. The van der Waals surface area contributed by atoms with Gasteiger partial charge in [-0.2, -0.15) is 0 Å². The molecule has 3 aliphatic rings. The molecule has 0 spiro atoms. The number of imide groups is 1. The topological polar surface area (TPSA) is 92.4 Å². The van der Waals surface area contributed by atoms with Gasteiger partial charge in [-0.3, -0.25) is 19.5 Å². The molecule has 9 nitrogen and oxygen atoms in total. The highest BCUT2D eigenvalue weighted by molar-refractivity contribution is 6.05. The fourth-order valence-electron chi connectivity index (χ4n) is 5.84. The van der Waals surface area contributed by atoms with Gasteiger partial charge in [0.05, 0.1) is 7.11 Å². The number of carbonyl (C=O) groups excluding carboxylic acids is 2. The van der Waals surface area contributed by atoms with E-state index >= 15 is 0 Å². The van der Waals surface area contributed by atoms with E-state index < -0.39 is 12.1 Å². The lowest BCUT2D eigenvalue weighted by Gasteiger charge is -2.36. The lowest BCUT2D eigenvalue weighted by atomic mass is 9.89. The van der Waals surface area contributed by atoms with Crippen LogP contribution in [0.3, 0.4) is 0 Å². The molecule has 0 aliphatic carbocycles. The minimum absolute atomic E-state index is 0.124. The average molecular weight is 490 g/mol. The van der Waals surface area contributed by atoms with E-state index in [1.54, 1.807) is 30.2 Å². The molecule has 2 N–H and O–H groups in total. The number of methoxy groups -OCH3 is 1. The predicted molar refractivity (Wildman–Crippen MR) is 135 cm³/mol. The maximum absolute atomic E-state index is 13.8. The SMILES string of the molecule is COc1ccc2[nH]c3c(c2c1)C[C@H]1C(=O)N(CCN2CCN(C)CC2)C(=O)N1C3c1cccc(O)c1. The Bertz CT molecular complexity index is 1330. The monoisotopic (exact) mass is 489 g/mol. The van der Waals surface area contributed by atoms with E-state index in [9.17, 15) is 14.7 Å². The molecule has 3 aromatic rings. The summed E-state index contributed by atoms with van der Waals surface area (Å²) in [7, 11) is 3.74. The number of aromatic hydroxyl groups is 1. The number of carbonyl (C=O) groups is 2. The highest BCUT2D eigenvalue weighted by atomic mass is 16.5. The summed E-state index contributed by atoms with van der Waals surface area (Å²) in [6.45, 7) is 4.90. The van der Waals surface area contributed by atoms with Gasteiger partial charge in [-0.1, -0.05) is 12.1 Å². The van der Waals surface area contributed by atoms with E-state index in [2.05, 4.69) is 21.8 Å². The molecule has 0 bridgehead atoms. The number of nitrogens with zero attached hydrogens (tertiary/aromatic N) is 4. The Kier molecular flexibility index (Phi) is 5.61. The van der Waals surface area contributed by atoms with Gasteiger partial charge in [0.25, 0.3) is 5.91 Å². The predicted octanol–water partition coefficient (Wildman–Crippen LogP) is 2.41. The van der Waals surface area contributed by atoms with Crippen LogP contribution in [-0.4, -0.2) is 101 Å². The zero-order valence-electron chi connectivity index (χ0n) is 20.6. The number of rotatable bonds is 5. The Labute approximate surface area is 209 Å². The average Bonchev–Trinajstić information content (AvgIpc) is 3.36. The number of amides is 3. The third-order valence-electron chi connectivity index (χ3n) is 7.86. The molecule has 188 valence electrons. The molecule has 0 saturated carbocycles. The van der Waals surface area contributed by atoms with Gasteiger partial charge < -0.3 is 19.7 Å². The van der Waals surface area contributed by atoms with Gasteiger partial charge in [0.1, 0.15) is 23.6 Å². The van der Waals surface area contributed by atoms with Gasteiger partial charge in [-0.05, 0) is 48.5 Å². The van der Waals surface area contributed by atoms with Gasteiger partial charge in [-0.15, -0.1) is 0 Å². The summed E-state index contributed by atoms with van der Waals surface area (Å²) in [5, 5.41) is 11.2. The zero-order valence-corrected chi connectivity index (χ0v) is 20.6. The molecule has 4 heterocycles. The Morgan fingerprint density at radius 2 is 1.86 bits per heavy atom. The van der Waals surface area contributed by atoms with Gasteiger partial charge >= 0.3 is 6.03 Å². The van der Waals surface area contributed by atoms with Crippen molar-refractivity contribution < 1.29 is 19.4 Å². The van der Waals surface area contributed by atoms with Crippen LogP contribution in [0.2, 0.25) is 0 Å². The van der Waals surface area contributed by atoms with Crippen molar-refractivity contribution in [2.75, 3.05) is 53.4 Å². The molecule has 3 aliphatic heterocycles. The normalized spacial score (nSPS) is 22.8. The van der Waals surface area contributed by atoms with Crippen molar-refractivity contribution in [3.05, 3.63) is 59.3 Å². The summed E-state index contributed by atoms with van der Waals surface area (Å²) in [5.74, 6) is 0.712. The highest BCUT2D eigenvalue weighted by Crippen LogP contribution is 2.44. The highest BCUT2D eigenvalue weighted by Gasteiger charge is 2.52. The van der Waals surface area contributed by atoms with Crippen LogP contribution in [0.4, 0.5) is 4.79 Å². The number of hydrogen-bond donors (Lipinski definition) is 2. The van der Waals surface area contributed by atoms with E-state index in [1.165, 1.54) is 4.90 Å². The Morgan fingerprint density at radius 1 is 1.06 bits per heavy atom. The van der Waals surface area contributed by atoms with Crippen molar-refractivity contribution in [1.29, 1.82) is 0 Å². The van der Waals surface area contributed by atoms with Crippen LogP contribution in [0.15, 0.2) is 42.5 Å². The number of H-pyrrole nitrogens is 1. The molecule has 3 amide bonds. The van der Waals surface area contributed by atoms with Crippen molar-refractivity contribution in [3.8, 4) is 11.5 Å². The maximum Gasteiger partial charge on any atom is 0.328 e. The summed E-state index contributed by atoms with van der Waals surface area (Å²) >= 11 is 0. The summed E-state index contributed by atoms with van der Waals surface area (Å²) < 4.78 is 5.45. The number of hydrogen-bond acceptors (Lipinski definition) is 6. The van der Waals surface area contributed by atoms with Gasteiger partial charge in [0.2, 0.25) is 0 Å². The second-order valence-corrected chi connectivity index (χ2v) is 9.97. The molecule has 2 saturated heterocycles. The first-order chi connectivity index (χ1) is 17.4. The maximum atomic E-state index is 13.8. The number of aromatic nitrogens is 1. The summed E-state index contributed by atoms with van der Waals surface area (Å²) in [6, 6.07) is 11.4. The van der Waals surface area contributed by atoms with Crippen LogP contribution >= 0.6 is 0 Å². The van der Waals surface area contributed by atoms with Crippen molar-refractivity contribution in [3.63, 3.8) is 0 Å². The lowest BCUT2D eigenvalue weighted by Crippen LogP contribution is -2.47. The standard InChI is InChI=1S/C27H31N5O4/c1-29-8-10-30(11-9-29)12-13-31-26(34)23-16-21-20-15-19(36-2)6-7-22(20)28-24(21)25(32(23)27(31)35)17-4-3-5-18(33)14-17/h3-7,14-15,23,25,28,33H,8-13,16H2,1-2H3/t23-,25?/m0/s1. The fraction of sp³-hybridized carbons (Fsp3) is 0.407. The molecule has 36 heavy (non-hydrogen) atoms. The Hall–Kier alpha value is -3.56. The van der Waals surface area contributed by atoms with Crippen molar-refractivity contribution >= 4 is 22.8 Å². The number of aromatic amines is 1. The molecule has 2 aromatic carbocycles. The van der Waals surface area contributed by atoms with E-state index in [0.29, 0.717) is 19.5 Å². The molecular formula is C27H31N5O4. The number of piperazine rings is 1. The molecule has 0 radical (unpaired) electrons. The first-order valence-corrected chi connectivity index (χ1v) is 12.5.